The van der Waals surface area contributed by atoms with Crippen LogP contribution >= 0.6 is 11.6 Å². The van der Waals surface area contributed by atoms with Gasteiger partial charge < -0.3 is 10.1 Å². The molecule has 0 radical (unpaired) electrons. The van der Waals surface area contributed by atoms with Crippen LogP contribution in [0.3, 0.4) is 0 Å². The van der Waals surface area contributed by atoms with Gasteiger partial charge in [-0.2, -0.15) is 0 Å². The van der Waals surface area contributed by atoms with Crippen molar-refractivity contribution in [2.75, 3.05) is 20.7 Å². The molecule has 0 amide bonds. The Labute approximate surface area is 95.9 Å². The first-order valence-electron chi connectivity index (χ1n) is 4.92. The highest BCUT2D eigenvalue weighted by Gasteiger charge is 1.99. The van der Waals surface area contributed by atoms with Crippen LogP contribution in [0.25, 0.3) is 6.08 Å². The average Bonchev–Trinajstić information content (AvgIpc) is 2.26. The summed E-state index contributed by atoms with van der Waals surface area (Å²) in [6.07, 6.45) is 5.21. The maximum absolute atomic E-state index is 5.92. The van der Waals surface area contributed by atoms with Crippen LogP contribution in [0.1, 0.15) is 12.0 Å². The SMILES string of the molecule is CNCCC=Cc1ccc(Cl)c(OC)c1. The van der Waals surface area contributed by atoms with Crippen LogP contribution in [0.15, 0.2) is 24.3 Å². The van der Waals surface area contributed by atoms with Crippen molar-refractivity contribution >= 4 is 17.7 Å². The third kappa shape index (κ3) is 3.94. The van der Waals surface area contributed by atoms with E-state index in [9.17, 15) is 0 Å². The largest absolute Gasteiger partial charge is 0.495 e. The van der Waals surface area contributed by atoms with Crippen molar-refractivity contribution in [1.82, 2.24) is 5.32 Å². The Hall–Kier alpha value is -0.990. The van der Waals surface area contributed by atoms with Crippen LogP contribution in [-0.4, -0.2) is 20.7 Å². The molecule has 1 rings (SSSR count). The first-order valence-corrected chi connectivity index (χ1v) is 5.30. The fraction of sp³-hybridized carbons (Fsp3) is 0.333. The van der Waals surface area contributed by atoms with Crippen LogP contribution in [0.4, 0.5) is 0 Å². The third-order valence-corrected chi connectivity index (χ3v) is 2.36. The Morgan fingerprint density at radius 1 is 1.47 bits per heavy atom. The molecular formula is C12H16ClNO. The van der Waals surface area contributed by atoms with Gasteiger partial charge in [0.1, 0.15) is 5.75 Å². The highest BCUT2D eigenvalue weighted by Crippen LogP contribution is 2.25. The summed E-state index contributed by atoms with van der Waals surface area (Å²) in [5.74, 6) is 0.715. The lowest BCUT2D eigenvalue weighted by atomic mass is 10.2. The molecule has 1 aromatic rings. The molecule has 0 spiro atoms. The Morgan fingerprint density at radius 2 is 2.27 bits per heavy atom. The monoisotopic (exact) mass is 225 g/mol. The van der Waals surface area contributed by atoms with E-state index >= 15 is 0 Å². The second kappa shape index (κ2) is 6.49. The number of rotatable bonds is 5. The number of methoxy groups -OCH3 is 1. The van der Waals surface area contributed by atoms with Crippen molar-refractivity contribution in [3.63, 3.8) is 0 Å². The molecule has 1 N–H and O–H groups in total. The minimum atomic E-state index is 0.643. The second-order valence-corrected chi connectivity index (χ2v) is 3.60. The summed E-state index contributed by atoms with van der Waals surface area (Å²) < 4.78 is 5.13. The number of benzene rings is 1. The van der Waals surface area contributed by atoms with Crippen molar-refractivity contribution < 1.29 is 4.74 Å². The van der Waals surface area contributed by atoms with Crippen LogP contribution < -0.4 is 10.1 Å². The van der Waals surface area contributed by atoms with E-state index in [1.165, 1.54) is 0 Å². The lowest BCUT2D eigenvalue weighted by molar-refractivity contribution is 0.415. The van der Waals surface area contributed by atoms with E-state index in [0.29, 0.717) is 10.8 Å². The average molecular weight is 226 g/mol. The highest BCUT2D eigenvalue weighted by atomic mass is 35.5. The number of hydrogen-bond donors (Lipinski definition) is 1. The molecule has 0 atom stereocenters. The van der Waals surface area contributed by atoms with E-state index in [2.05, 4.69) is 17.5 Å². The summed E-state index contributed by atoms with van der Waals surface area (Å²) in [6, 6.07) is 5.75. The third-order valence-electron chi connectivity index (χ3n) is 2.05. The Morgan fingerprint density at radius 3 is 2.93 bits per heavy atom. The van der Waals surface area contributed by atoms with Gasteiger partial charge in [0.2, 0.25) is 0 Å². The van der Waals surface area contributed by atoms with Gasteiger partial charge in [-0.1, -0.05) is 29.8 Å². The molecule has 1 aromatic carbocycles. The van der Waals surface area contributed by atoms with E-state index < -0.39 is 0 Å². The van der Waals surface area contributed by atoms with Gasteiger partial charge in [0.15, 0.2) is 0 Å². The van der Waals surface area contributed by atoms with Gasteiger partial charge in [0.05, 0.1) is 12.1 Å². The van der Waals surface area contributed by atoms with Gasteiger partial charge in [-0.3, -0.25) is 0 Å². The lowest BCUT2D eigenvalue weighted by Crippen LogP contribution is -2.05. The molecule has 0 unspecified atom stereocenters. The number of halogens is 1. The quantitative estimate of drug-likeness (QED) is 0.778. The molecule has 2 nitrogen and oxygen atoms in total. The molecule has 0 saturated carbocycles. The van der Waals surface area contributed by atoms with Crippen molar-refractivity contribution in [3.8, 4) is 5.75 Å². The molecule has 0 heterocycles. The number of nitrogens with one attached hydrogen (secondary N) is 1. The molecule has 3 heteroatoms. The van der Waals surface area contributed by atoms with Gasteiger partial charge in [0, 0.05) is 0 Å². The molecule has 0 aromatic heterocycles. The van der Waals surface area contributed by atoms with Crippen molar-refractivity contribution in [1.29, 1.82) is 0 Å². The summed E-state index contributed by atoms with van der Waals surface area (Å²) in [7, 11) is 3.56. The predicted octanol–water partition coefficient (Wildman–Crippen LogP) is 2.97. The summed E-state index contributed by atoms with van der Waals surface area (Å²) in [6.45, 7) is 0.987. The van der Waals surface area contributed by atoms with Crippen LogP contribution in [-0.2, 0) is 0 Å². The fourth-order valence-corrected chi connectivity index (χ4v) is 1.42. The highest BCUT2D eigenvalue weighted by molar-refractivity contribution is 6.32. The molecule has 0 bridgehead atoms. The van der Waals surface area contributed by atoms with Crippen LogP contribution in [0.2, 0.25) is 5.02 Å². The fourth-order valence-electron chi connectivity index (χ4n) is 1.23. The predicted molar refractivity (Wildman–Crippen MR) is 65.6 cm³/mol. The normalized spacial score (nSPS) is 10.9. The molecule has 0 aliphatic rings. The molecule has 82 valence electrons. The summed E-state index contributed by atoms with van der Waals surface area (Å²) >= 11 is 5.92. The zero-order valence-electron chi connectivity index (χ0n) is 9.09. The van der Waals surface area contributed by atoms with E-state index in [1.54, 1.807) is 7.11 Å². The Balaban J connectivity index is 2.65. The minimum Gasteiger partial charge on any atom is -0.495 e. The van der Waals surface area contributed by atoms with Crippen molar-refractivity contribution in [2.24, 2.45) is 0 Å². The molecule has 0 aliphatic heterocycles. The summed E-state index contributed by atoms with van der Waals surface area (Å²) in [4.78, 5) is 0. The Kier molecular flexibility index (Phi) is 5.22. The van der Waals surface area contributed by atoms with Gasteiger partial charge in [0.25, 0.3) is 0 Å². The van der Waals surface area contributed by atoms with Crippen molar-refractivity contribution in [2.45, 2.75) is 6.42 Å². The van der Waals surface area contributed by atoms with Crippen LogP contribution in [0.5, 0.6) is 5.75 Å². The second-order valence-electron chi connectivity index (χ2n) is 3.19. The van der Waals surface area contributed by atoms with Crippen LogP contribution in [0, 0.1) is 0 Å². The Bertz CT molecular complexity index is 336. The molecule has 15 heavy (non-hydrogen) atoms. The number of hydrogen-bond acceptors (Lipinski definition) is 2. The molecular weight excluding hydrogens is 210 g/mol. The molecule has 0 aliphatic carbocycles. The van der Waals surface area contributed by atoms with Gasteiger partial charge in [-0.15, -0.1) is 0 Å². The lowest BCUT2D eigenvalue weighted by Gasteiger charge is -2.03. The van der Waals surface area contributed by atoms with E-state index in [1.807, 2.05) is 25.2 Å². The smallest absolute Gasteiger partial charge is 0.138 e. The van der Waals surface area contributed by atoms with E-state index in [4.69, 9.17) is 16.3 Å². The minimum absolute atomic E-state index is 0.643. The first kappa shape index (κ1) is 12.1. The summed E-state index contributed by atoms with van der Waals surface area (Å²) in [5.41, 5.74) is 1.10. The van der Waals surface area contributed by atoms with Gasteiger partial charge in [-0.05, 0) is 37.7 Å². The topological polar surface area (TPSA) is 21.3 Å². The van der Waals surface area contributed by atoms with Gasteiger partial charge >= 0.3 is 0 Å². The maximum atomic E-state index is 5.92. The van der Waals surface area contributed by atoms with E-state index in [0.717, 1.165) is 18.5 Å². The standard InChI is InChI=1S/C12H16ClNO/c1-14-8-4-3-5-10-6-7-11(13)12(9-10)15-2/h3,5-7,9,14H,4,8H2,1-2H3. The van der Waals surface area contributed by atoms with Gasteiger partial charge in [-0.25, -0.2) is 0 Å². The van der Waals surface area contributed by atoms with E-state index in [-0.39, 0.29) is 0 Å². The summed E-state index contributed by atoms with van der Waals surface area (Å²) in [5, 5.41) is 3.73. The first-order chi connectivity index (χ1) is 7.27. The molecule has 0 saturated heterocycles. The maximum Gasteiger partial charge on any atom is 0.138 e. The number of ether oxygens (including phenoxy) is 1. The zero-order chi connectivity index (χ0) is 11.1. The molecule has 0 fully saturated rings. The van der Waals surface area contributed by atoms with Crippen molar-refractivity contribution in [3.05, 3.63) is 34.9 Å². The zero-order valence-corrected chi connectivity index (χ0v) is 9.84.